The van der Waals surface area contributed by atoms with Gasteiger partial charge in [0.25, 0.3) is 0 Å². The Morgan fingerprint density at radius 2 is 1.76 bits per heavy atom. The highest BCUT2D eigenvalue weighted by molar-refractivity contribution is 9.11. The van der Waals surface area contributed by atoms with Gasteiger partial charge in [-0.05, 0) is 66.0 Å². The first kappa shape index (κ1) is 13.4. The third kappa shape index (κ3) is 3.47. The van der Waals surface area contributed by atoms with E-state index >= 15 is 0 Å². The molecule has 2 N–H and O–H groups in total. The topological polar surface area (TPSA) is 35.2 Å². The van der Waals surface area contributed by atoms with E-state index in [2.05, 4.69) is 47.8 Å². The van der Waals surface area contributed by atoms with Gasteiger partial charge < -0.3 is 10.5 Å². The lowest BCUT2D eigenvalue weighted by atomic mass is 10.3. The third-order valence-electron chi connectivity index (χ3n) is 2.00. The summed E-state index contributed by atoms with van der Waals surface area (Å²) in [6.07, 6.45) is 0. The molecule has 0 atom stereocenters. The van der Waals surface area contributed by atoms with E-state index in [9.17, 15) is 0 Å². The Kier molecular flexibility index (Phi) is 4.52. The molecule has 0 unspecified atom stereocenters. The monoisotopic (exact) mass is 439 g/mol. The molecule has 0 saturated carbocycles. The zero-order chi connectivity index (χ0) is 12.4. The Hall–Kier alpha value is -0.0400. The van der Waals surface area contributed by atoms with Crippen molar-refractivity contribution in [3.05, 3.63) is 41.9 Å². The van der Waals surface area contributed by atoms with Crippen molar-refractivity contribution in [1.82, 2.24) is 0 Å². The van der Waals surface area contributed by atoms with Crippen LogP contribution in [0.5, 0.6) is 5.75 Å². The minimum atomic E-state index is 0.539. The Balaban J connectivity index is 2.14. The summed E-state index contributed by atoms with van der Waals surface area (Å²) in [5, 5.41) is 2.03. The van der Waals surface area contributed by atoms with E-state index in [0.717, 1.165) is 24.0 Å². The second-order valence-corrected chi connectivity index (χ2v) is 6.95. The van der Waals surface area contributed by atoms with E-state index < -0.39 is 0 Å². The van der Waals surface area contributed by atoms with Gasteiger partial charge in [0, 0.05) is 20.4 Å². The molecule has 0 saturated heterocycles. The molecule has 0 amide bonds. The molecule has 0 spiro atoms. The summed E-state index contributed by atoms with van der Waals surface area (Å²) in [6, 6.07) is 5.69. The molecule has 90 valence electrons. The van der Waals surface area contributed by atoms with Crippen LogP contribution in [-0.2, 0) is 6.61 Å². The first-order valence-electron chi connectivity index (χ1n) is 4.66. The van der Waals surface area contributed by atoms with Gasteiger partial charge in [0.1, 0.15) is 12.4 Å². The standard InChI is InChI=1S/C11H8Br3NOS/c12-6-1-8(17-5-6)4-16-11-9(13)2-7(15)3-10(11)14/h1-3,5H,4,15H2. The van der Waals surface area contributed by atoms with Crippen molar-refractivity contribution in [1.29, 1.82) is 0 Å². The SMILES string of the molecule is Nc1cc(Br)c(OCc2cc(Br)cs2)c(Br)c1. The van der Waals surface area contributed by atoms with Gasteiger partial charge in [-0.25, -0.2) is 0 Å². The number of nitrogens with two attached hydrogens (primary N) is 1. The molecule has 1 aromatic heterocycles. The van der Waals surface area contributed by atoms with Crippen molar-refractivity contribution in [2.24, 2.45) is 0 Å². The van der Waals surface area contributed by atoms with Crippen LogP contribution in [0.2, 0.25) is 0 Å². The van der Waals surface area contributed by atoms with Crippen molar-refractivity contribution in [3.8, 4) is 5.75 Å². The van der Waals surface area contributed by atoms with Gasteiger partial charge >= 0.3 is 0 Å². The van der Waals surface area contributed by atoms with Crippen LogP contribution in [0.1, 0.15) is 4.88 Å². The molecule has 2 rings (SSSR count). The number of hydrogen-bond donors (Lipinski definition) is 1. The van der Waals surface area contributed by atoms with E-state index in [4.69, 9.17) is 10.5 Å². The molecule has 0 bridgehead atoms. The van der Waals surface area contributed by atoms with E-state index in [0.29, 0.717) is 12.3 Å². The fourth-order valence-electron chi connectivity index (χ4n) is 1.29. The zero-order valence-corrected chi connectivity index (χ0v) is 14.1. The number of rotatable bonds is 3. The average Bonchev–Trinajstić information content (AvgIpc) is 2.62. The Labute approximate surface area is 129 Å². The summed E-state index contributed by atoms with van der Waals surface area (Å²) >= 11 is 11.9. The lowest BCUT2D eigenvalue weighted by molar-refractivity contribution is 0.306. The number of thiophene rings is 1. The lowest BCUT2D eigenvalue weighted by Gasteiger charge is -2.10. The maximum atomic E-state index is 5.76. The van der Waals surface area contributed by atoms with Gasteiger partial charge in [-0.2, -0.15) is 0 Å². The minimum absolute atomic E-state index is 0.539. The van der Waals surface area contributed by atoms with Crippen molar-refractivity contribution in [2.75, 3.05) is 5.73 Å². The van der Waals surface area contributed by atoms with Crippen LogP contribution in [0.15, 0.2) is 37.0 Å². The molecule has 6 heteroatoms. The van der Waals surface area contributed by atoms with Crippen molar-refractivity contribution >= 4 is 64.8 Å². The molecule has 0 radical (unpaired) electrons. The number of hydrogen-bond acceptors (Lipinski definition) is 3. The summed E-state index contributed by atoms with van der Waals surface area (Å²) in [5.74, 6) is 0.767. The normalized spacial score (nSPS) is 10.5. The molecular formula is C11H8Br3NOS. The van der Waals surface area contributed by atoms with Crippen LogP contribution in [0.25, 0.3) is 0 Å². The number of nitrogen functional groups attached to an aromatic ring is 1. The van der Waals surface area contributed by atoms with Crippen molar-refractivity contribution in [2.45, 2.75) is 6.61 Å². The fourth-order valence-corrected chi connectivity index (χ4v) is 4.10. The van der Waals surface area contributed by atoms with Crippen molar-refractivity contribution in [3.63, 3.8) is 0 Å². The Morgan fingerprint density at radius 1 is 1.12 bits per heavy atom. The molecular weight excluding hydrogens is 434 g/mol. The summed E-state index contributed by atoms with van der Waals surface area (Å²) < 4.78 is 8.54. The van der Waals surface area contributed by atoms with Gasteiger partial charge in [0.2, 0.25) is 0 Å². The Morgan fingerprint density at radius 3 is 2.29 bits per heavy atom. The van der Waals surface area contributed by atoms with E-state index in [-0.39, 0.29) is 0 Å². The van der Waals surface area contributed by atoms with Gasteiger partial charge in [0.15, 0.2) is 0 Å². The van der Waals surface area contributed by atoms with E-state index in [1.807, 2.05) is 23.6 Å². The van der Waals surface area contributed by atoms with E-state index in [1.165, 1.54) is 0 Å². The molecule has 2 aromatic rings. The molecule has 1 heterocycles. The summed E-state index contributed by atoms with van der Waals surface area (Å²) in [6.45, 7) is 0.539. The maximum Gasteiger partial charge on any atom is 0.148 e. The van der Waals surface area contributed by atoms with Crippen LogP contribution in [0.4, 0.5) is 5.69 Å². The second kappa shape index (κ2) is 5.73. The van der Waals surface area contributed by atoms with E-state index in [1.54, 1.807) is 11.3 Å². The largest absolute Gasteiger partial charge is 0.486 e. The fraction of sp³-hybridized carbons (Fsp3) is 0.0909. The maximum absolute atomic E-state index is 5.76. The zero-order valence-electron chi connectivity index (χ0n) is 8.54. The smallest absolute Gasteiger partial charge is 0.148 e. The highest BCUT2D eigenvalue weighted by atomic mass is 79.9. The second-order valence-electron chi connectivity index (χ2n) is 3.33. The first-order valence-corrected chi connectivity index (χ1v) is 7.92. The van der Waals surface area contributed by atoms with Crippen LogP contribution in [0.3, 0.4) is 0 Å². The highest BCUT2D eigenvalue weighted by Crippen LogP contribution is 2.36. The molecule has 0 aliphatic heterocycles. The van der Waals surface area contributed by atoms with Gasteiger partial charge in [-0.15, -0.1) is 11.3 Å². The summed E-state index contributed by atoms with van der Waals surface area (Å²) in [4.78, 5) is 1.16. The summed E-state index contributed by atoms with van der Waals surface area (Å²) in [7, 11) is 0. The summed E-state index contributed by atoms with van der Waals surface area (Å²) in [5.41, 5.74) is 6.41. The molecule has 0 aliphatic carbocycles. The van der Waals surface area contributed by atoms with Crippen LogP contribution in [-0.4, -0.2) is 0 Å². The molecule has 0 aliphatic rings. The number of halogens is 3. The first-order chi connectivity index (χ1) is 8.06. The van der Waals surface area contributed by atoms with Gasteiger partial charge in [-0.3, -0.25) is 0 Å². The molecule has 17 heavy (non-hydrogen) atoms. The number of ether oxygens (including phenoxy) is 1. The van der Waals surface area contributed by atoms with Crippen LogP contribution >= 0.6 is 59.1 Å². The number of benzene rings is 1. The quantitative estimate of drug-likeness (QED) is 0.664. The predicted molar refractivity (Wildman–Crippen MR) is 82.6 cm³/mol. The highest BCUT2D eigenvalue weighted by Gasteiger charge is 2.08. The van der Waals surface area contributed by atoms with Crippen LogP contribution < -0.4 is 10.5 Å². The average molecular weight is 442 g/mol. The van der Waals surface area contributed by atoms with Gasteiger partial charge in [-0.1, -0.05) is 0 Å². The van der Waals surface area contributed by atoms with Crippen molar-refractivity contribution < 1.29 is 4.74 Å². The number of anilines is 1. The molecule has 0 fully saturated rings. The molecule has 1 aromatic carbocycles. The minimum Gasteiger partial charge on any atom is -0.486 e. The molecule has 2 nitrogen and oxygen atoms in total. The lowest BCUT2D eigenvalue weighted by Crippen LogP contribution is -1.96. The third-order valence-corrected chi connectivity index (χ3v) is 4.85. The predicted octanol–water partition coefficient (Wildman–Crippen LogP) is 5.20. The van der Waals surface area contributed by atoms with Crippen LogP contribution in [0, 0.1) is 0 Å². The Bertz CT molecular complexity index is 518. The van der Waals surface area contributed by atoms with Gasteiger partial charge in [0.05, 0.1) is 8.95 Å².